The Morgan fingerprint density at radius 3 is 2.41 bits per heavy atom. The highest BCUT2D eigenvalue weighted by Gasteiger charge is 2.28. The van der Waals surface area contributed by atoms with Crippen LogP contribution in [0.25, 0.3) is 6.08 Å². The van der Waals surface area contributed by atoms with Gasteiger partial charge in [0.15, 0.2) is 0 Å². The molecule has 7 nitrogen and oxygen atoms in total. The maximum Gasteiger partial charge on any atom is 0.328 e. The monoisotopic (exact) mass is 304 g/mol. The number of hydrogen-bond acceptors (Lipinski definition) is 5. The molecule has 2 rings (SSSR count). The molecule has 1 aromatic carbocycles. The standard InChI is InChI=1S/C15H16N2O5/c1-3-6-22-12-8-10(21-2)5-4-9(12)7-11-13(18)16-15(20)17-14(11)19/h4-5,7-8H,3,6H2,1-2H3,(H2,16,17,18,19,20). The quantitative estimate of drug-likeness (QED) is 0.630. The lowest BCUT2D eigenvalue weighted by Gasteiger charge is -2.15. The third-order valence-electron chi connectivity index (χ3n) is 2.93. The minimum absolute atomic E-state index is 0.161. The zero-order valence-electron chi connectivity index (χ0n) is 12.3. The molecule has 2 N–H and O–H groups in total. The van der Waals surface area contributed by atoms with E-state index in [2.05, 4.69) is 0 Å². The number of benzene rings is 1. The van der Waals surface area contributed by atoms with Crippen LogP contribution in [0.2, 0.25) is 0 Å². The summed E-state index contributed by atoms with van der Waals surface area (Å²) in [5.74, 6) is -0.399. The van der Waals surface area contributed by atoms with E-state index >= 15 is 0 Å². The summed E-state index contributed by atoms with van der Waals surface area (Å²) in [6, 6.07) is 4.21. The largest absolute Gasteiger partial charge is 0.497 e. The van der Waals surface area contributed by atoms with Crippen molar-refractivity contribution in [2.45, 2.75) is 13.3 Å². The Balaban J connectivity index is 2.38. The summed E-state index contributed by atoms with van der Waals surface area (Å²) in [6.45, 7) is 2.45. The fourth-order valence-corrected chi connectivity index (χ4v) is 1.86. The predicted molar refractivity (Wildman–Crippen MR) is 78.4 cm³/mol. The number of hydrogen-bond donors (Lipinski definition) is 2. The zero-order valence-corrected chi connectivity index (χ0v) is 12.3. The minimum atomic E-state index is -0.829. The van der Waals surface area contributed by atoms with Crippen molar-refractivity contribution >= 4 is 23.9 Å². The second-order valence-corrected chi connectivity index (χ2v) is 4.55. The molecule has 116 valence electrons. The predicted octanol–water partition coefficient (Wildman–Crippen LogP) is 1.23. The first-order chi connectivity index (χ1) is 10.5. The van der Waals surface area contributed by atoms with Crippen LogP contribution in [0.3, 0.4) is 0 Å². The van der Waals surface area contributed by atoms with Crippen LogP contribution in [-0.2, 0) is 9.59 Å². The topological polar surface area (TPSA) is 93.7 Å². The molecule has 0 radical (unpaired) electrons. The molecular formula is C15H16N2O5. The maximum absolute atomic E-state index is 11.7. The van der Waals surface area contributed by atoms with Crippen molar-refractivity contribution in [1.82, 2.24) is 10.6 Å². The van der Waals surface area contributed by atoms with Crippen LogP contribution < -0.4 is 20.1 Å². The number of urea groups is 1. The van der Waals surface area contributed by atoms with E-state index < -0.39 is 17.8 Å². The van der Waals surface area contributed by atoms with Crippen LogP contribution in [0, 0.1) is 0 Å². The Morgan fingerprint density at radius 2 is 1.82 bits per heavy atom. The Kier molecular flexibility index (Phi) is 4.77. The van der Waals surface area contributed by atoms with Crippen molar-refractivity contribution in [3.8, 4) is 11.5 Å². The lowest BCUT2D eigenvalue weighted by Crippen LogP contribution is -2.51. The lowest BCUT2D eigenvalue weighted by atomic mass is 10.1. The molecular weight excluding hydrogens is 288 g/mol. The van der Waals surface area contributed by atoms with Gasteiger partial charge in [-0.25, -0.2) is 4.79 Å². The second-order valence-electron chi connectivity index (χ2n) is 4.55. The van der Waals surface area contributed by atoms with Gasteiger partial charge in [0.2, 0.25) is 0 Å². The van der Waals surface area contributed by atoms with Crippen LogP contribution in [0.15, 0.2) is 23.8 Å². The normalized spacial score (nSPS) is 14.3. The van der Waals surface area contributed by atoms with Crippen molar-refractivity contribution in [3.63, 3.8) is 0 Å². The van der Waals surface area contributed by atoms with E-state index in [0.29, 0.717) is 23.7 Å². The highest BCUT2D eigenvalue weighted by Crippen LogP contribution is 2.27. The van der Waals surface area contributed by atoms with Crippen LogP contribution >= 0.6 is 0 Å². The molecule has 0 aliphatic carbocycles. The van der Waals surface area contributed by atoms with Crippen molar-refractivity contribution in [1.29, 1.82) is 0 Å². The van der Waals surface area contributed by atoms with Gasteiger partial charge in [-0.05, 0) is 24.6 Å². The smallest absolute Gasteiger partial charge is 0.328 e. The third kappa shape index (κ3) is 3.43. The van der Waals surface area contributed by atoms with Gasteiger partial charge in [0.1, 0.15) is 17.1 Å². The van der Waals surface area contributed by atoms with Gasteiger partial charge in [0.25, 0.3) is 11.8 Å². The number of barbiturate groups is 1. The molecule has 0 saturated carbocycles. The second kappa shape index (κ2) is 6.75. The molecule has 0 bridgehead atoms. The lowest BCUT2D eigenvalue weighted by molar-refractivity contribution is -0.123. The number of amides is 4. The average Bonchev–Trinajstić information content (AvgIpc) is 2.49. The SMILES string of the molecule is CCCOc1cc(OC)ccc1C=C1C(=O)NC(=O)NC1=O. The van der Waals surface area contributed by atoms with Gasteiger partial charge in [0, 0.05) is 11.6 Å². The van der Waals surface area contributed by atoms with E-state index in [4.69, 9.17) is 9.47 Å². The molecule has 0 aromatic heterocycles. The summed E-state index contributed by atoms with van der Waals surface area (Å²) in [6.07, 6.45) is 2.18. The molecule has 0 spiro atoms. The molecule has 4 amide bonds. The first-order valence-electron chi connectivity index (χ1n) is 6.74. The van der Waals surface area contributed by atoms with E-state index in [1.165, 1.54) is 13.2 Å². The Bertz CT molecular complexity index is 629. The maximum atomic E-state index is 11.7. The first kappa shape index (κ1) is 15.6. The number of imide groups is 2. The molecule has 7 heteroatoms. The van der Waals surface area contributed by atoms with Gasteiger partial charge < -0.3 is 9.47 Å². The van der Waals surface area contributed by atoms with Crippen molar-refractivity contribution in [3.05, 3.63) is 29.3 Å². The highest BCUT2D eigenvalue weighted by molar-refractivity contribution is 6.31. The third-order valence-corrected chi connectivity index (χ3v) is 2.93. The van der Waals surface area contributed by atoms with Crippen LogP contribution in [-0.4, -0.2) is 31.6 Å². The van der Waals surface area contributed by atoms with Crippen molar-refractivity contribution < 1.29 is 23.9 Å². The first-order valence-corrected chi connectivity index (χ1v) is 6.74. The number of carbonyl (C=O) groups is 3. The van der Waals surface area contributed by atoms with Gasteiger partial charge in [-0.2, -0.15) is 0 Å². The molecule has 1 saturated heterocycles. The Hall–Kier alpha value is -2.83. The summed E-state index contributed by atoms with van der Waals surface area (Å²) < 4.78 is 10.7. The number of methoxy groups -OCH3 is 1. The van der Waals surface area contributed by atoms with Gasteiger partial charge >= 0.3 is 6.03 Å². The summed E-state index contributed by atoms with van der Waals surface area (Å²) in [5, 5.41) is 4.04. The van der Waals surface area contributed by atoms with Crippen molar-refractivity contribution in [2.75, 3.05) is 13.7 Å². The Labute approximate surface area is 127 Å². The Morgan fingerprint density at radius 1 is 1.14 bits per heavy atom. The molecule has 0 atom stereocenters. The van der Waals surface area contributed by atoms with E-state index in [-0.39, 0.29) is 5.57 Å². The zero-order chi connectivity index (χ0) is 16.1. The molecule has 1 aliphatic heterocycles. The number of carbonyl (C=O) groups excluding carboxylic acids is 3. The van der Waals surface area contributed by atoms with E-state index in [9.17, 15) is 14.4 Å². The van der Waals surface area contributed by atoms with Crippen LogP contribution in [0.4, 0.5) is 4.79 Å². The van der Waals surface area contributed by atoms with Gasteiger partial charge in [0.05, 0.1) is 13.7 Å². The van der Waals surface area contributed by atoms with Gasteiger partial charge in [-0.15, -0.1) is 0 Å². The molecule has 1 heterocycles. The van der Waals surface area contributed by atoms with Crippen molar-refractivity contribution in [2.24, 2.45) is 0 Å². The number of rotatable bonds is 5. The molecule has 1 aromatic rings. The number of ether oxygens (including phenoxy) is 2. The fourth-order valence-electron chi connectivity index (χ4n) is 1.86. The molecule has 1 fully saturated rings. The van der Waals surface area contributed by atoms with Crippen LogP contribution in [0.5, 0.6) is 11.5 Å². The summed E-state index contributed by atoms with van der Waals surface area (Å²) in [4.78, 5) is 34.5. The van der Waals surface area contributed by atoms with E-state index in [0.717, 1.165) is 6.42 Å². The summed E-state index contributed by atoms with van der Waals surface area (Å²) in [7, 11) is 1.53. The van der Waals surface area contributed by atoms with Crippen LogP contribution in [0.1, 0.15) is 18.9 Å². The molecule has 0 unspecified atom stereocenters. The van der Waals surface area contributed by atoms with Gasteiger partial charge in [-0.1, -0.05) is 6.92 Å². The minimum Gasteiger partial charge on any atom is -0.497 e. The fraction of sp³-hybridized carbons (Fsp3) is 0.267. The highest BCUT2D eigenvalue weighted by atomic mass is 16.5. The number of nitrogens with one attached hydrogen (secondary N) is 2. The van der Waals surface area contributed by atoms with E-state index in [1.54, 1.807) is 18.2 Å². The van der Waals surface area contributed by atoms with E-state index in [1.807, 2.05) is 17.6 Å². The summed E-state index contributed by atoms with van der Waals surface area (Å²) >= 11 is 0. The summed E-state index contributed by atoms with van der Waals surface area (Å²) in [5.41, 5.74) is 0.384. The van der Waals surface area contributed by atoms with Gasteiger partial charge in [-0.3, -0.25) is 20.2 Å². The molecule has 1 aliphatic rings. The molecule has 22 heavy (non-hydrogen) atoms. The average molecular weight is 304 g/mol.